The van der Waals surface area contributed by atoms with Crippen LogP contribution in [0.2, 0.25) is 0 Å². The highest BCUT2D eigenvalue weighted by molar-refractivity contribution is 6.05. The predicted octanol–water partition coefficient (Wildman–Crippen LogP) is 4.63. The van der Waals surface area contributed by atoms with E-state index in [-0.39, 0.29) is 11.9 Å². The molecule has 3 aromatic carbocycles. The Morgan fingerprint density at radius 1 is 0.828 bits per heavy atom. The van der Waals surface area contributed by atoms with Crippen molar-refractivity contribution in [1.29, 1.82) is 0 Å². The number of ether oxygens (including phenoxy) is 3. The monoisotopic (exact) mass is 389 g/mol. The molecule has 0 bridgehead atoms. The molecule has 1 aliphatic rings. The summed E-state index contributed by atoms with van der Waals surface area (Å²) in [5.74, 6) is 2.16. The van der Waals surface area contributed by atoms with Crippen LogP contribution >= 0.6 is 0 Å². The average Bonchev–Trinajstić information content (AvgIpc) is 2.77. The number of para-hydroxylation sites is 1. The Morgan fingerprint density at radius 2 is 1.48 bits per heavy atom. The molecule has 1 fully saturated rings. The van der Waals surface area contributed by atoms with Crippen molar-refractivity contribution in [3.63, 3.8) is 0 Å². The van der Waals surface area contributed by atoms with E-state index in [9.17, 15) is 4.79 Å². The molecular formula is C24H23NO4. The minimum absolute atomic E-state index is 0.0705. The van der Waals surface area contributed by atoms with Gasteiger partial charge in [-0.2, -0.15) is 0 Å². The molecule has 29 heavy (non-hydrogen) atoms. The maximum absolute atomic E-state index is 13.0. The van der Waals surface area contributed by atoms with Crippen LogP contribution in [0, 0.1) is 0 Å². The van der Waals surface area contributed by atoms with E-state index in [1.54, 1.807) is 12.0 Å². The fraction of sp³-hybridized carbons (Fsp3) is 0.208. The number of hydrogen-bond acceptors (Lipinski definition) is 4. The SMILES string of the molecule is CCOc1ccc(N2C(=O)[C@H](Oc3ccccc3)[C@@H]2c2ccc(OC)cc2)cc1. The van der Waals surface area contributed by atoms with Gasteiger partial charge in [0.2, 0.25) is 6.10 Å². The van der Waals surface area contributed by atoms with Crippen molar-refractivity contribution in [1.82, 2.24) is 0 Å². The van der Waals surface area contributed by atoms with E-state index in [2.05, 4.69) is 0 Å². The van der Waals surface area contributed by atoms with E-state index in [1.807, 2.05) is 85.8 Å². The Kier molecular flexibility index (Phi) is 5.38. The van der Waals surface area contributed by atoms with Crippen LogP contribution in [0.5, 0.6) is 17.2 Å². The number of hydrogen-bond donors (Lipinski definition) is 0. The Labute approximate surface area is 170 Å². The lowest BCUT2D eigenvalue weighted by Crippen LogP contribution is -2.61. The fourth-order valence-corrected chi connectivity index (χ4v) is 3.51. The summed E-state index contributed by atoms with van der Waals surface area (Å²) in [7, 11) is 1.63. The van der Waals surface area contributed by atoms with E-state index in [4.69, 9.17) is 14.2 Å². The van der Waals surface area contributed by atoms with E-state index < -0.39 is 6.10 Å². The summed E-state index contributed by atoms with van der Waals surface area (Å²) in [5.41, 5.74) is 1.80. The normalized spacial score (nSPS) is 18.1. The maximum atomic E-state index is 13.0. The van der Waals surface area contributed by atoms with Crippen molar-refractivity contribution in [2.24, 2.45) is 0 Å². The molecule has 0 unspecified atom stereocenters. The Hall–Kier alpha value is -3.47. The van der Waals surface area contributed by atoms with Crippen molar-refractivity contribution in [2.45, 2.75) is 19.1 Å². The van der Waals surface area contributed by atoms with Gasteiger partial charge in [-0.1, -0.05) is 30.3 Å². The van der Waals surface area contributed by atoms with Gasteiger partial charge in [0.15, 0.2) is 0 Å². The van der Waals surface area contributed by atoms with Gasteiger partial charge < -0.3 is 14.2 Å². The lowest BCUT2D eigenvalue weighted by Gasteiger charge is -2.46. The number of β-lactam (4-membered cyclic amide) rings is 1. The minimum Gasteiger partial charge on any atom is -0.497 e. The molecule has 1 saturated heterocycles. The van der Waals surface area contributed by atoms with Gasteiger partial charge in [0.25, 0.3) is 5.91 Å². The molecule has 0 saturated carbocycles. The summed E-state index contributed by atoms with van der Waals surface area (Å²) in [6.07, 6.45) is -0.586. The third kappa shape index (κ3) is 3.76. The molecule has 5 heteroatoms. The van der Waals surface area contributed by atoms with Gasteiger partial charge in [0, 0.05) is 5.69 Å². The lowest BCUT2D eigenvalue weighted by atomic mass is 9.89. The van der Waals surface area contributed by atoms with E-state index in [1.165, 1.54) is 0 Å². The Balaban J connectivity index is 1.64. The Morgan fingerprint density at radius 3 is 2.10 bits per heavy atom. The first-order valence-corrected chi connectivity index (χ1v) is 9.63. The molecule has 3 aromatic rings. The number of carbonyl (C=O) groups excluding carboxylic acids is 1. The zero-order chi connectivity index (χ0) is 20.2. The highest BCUT2D eigenvalue weighted by Gasteiger charge is 2.51. The third-order valence-corrected chi connectivity index (χ3v) is 4.94. The number of amides is 1. The zero-order valence-electron chi connectivity index (χ0n) is 16.4. The molecule has 148 valence electrons. The Bertz CT molecular complexity index is 954. The van der Waals surface area contributed by atoms with Gasteiger partial charge in [-0.3, -0.25) is 9.69 Å². The van der Waals surface area contributed by atoms with Crippen molar-refractivity contribution in [3.05, 3.63) is 84.4 Å². The minimum atomic E-state index is -0.586. The van der Waals surface area contributed by atoms with E-state index in [0.717, 1.165) is 22.7 Å². The number of rotatable bonds is 7. The number of nitrogens with zero attached hydrogens (tertiary/aromatic N) is 1. The highest BCUT2D eigenvalue weighted by Crippen LogP contribution is 2.42. The van der Waals surface area contributed by atoms with Crippen molar-refractivity contribution in [2.75, 3.05) is 18.6 Å². The summed E-state index contributed by atoms with van der Waals surface area (Å²) < 4.78 is 16.8. The van der Waals surface area contributed by atoms with Gasteiger partial charge in [-0.25, -0.2) is 0 Å². The zero-order valence-corrected chi connectivity index (χ0v) is 16.4. The molecule has 0 radical (unpaired) electrons. The molecule has 0 N–H and O–H groups in total. The summed E-state index contributed by atoms with van der Waals surface area (Å²) in [4.78, 5) is 14.8. The van der Waals surface area contributed by atoms with Gasteiger partial charge >= 0.3 is 0 Å². The molecule has 4 rings (SSSR count). The smallest absolute Gasteiger partial charge is 0.271 e. The van der Waals surface area contributed by atoms with Crippen LogP contribution in [0.3, 0.4) is 0 Å². The number of methoxy groups -OCH3 is 1. The first kappa shape index (κ1) is 18.9. The second-order valence-corrected chi connectivity index (χ2v) is 6.70. The quantitative estimate of drug-likeness (QED) is 0.553. The van der Waals surface area contributed by atoms with Gasteiger partial charge in [-0.15, -0.1) is 0 Å². The highest BCUT2D eigenvalue weighted by atomic mass is 16.5. The molecule has 0 aliphatic carbocycles. The molecule has 0 spiro atoms. The molecule has 5 nitrogen and oxygen atoms in total. The average molecular weight is 389 g/mol. The molecule has 0 aromatic heterocycles. The summed E-state index contributed by atoms with van der Waals surface area (Å²) in [6, 6.07) is 24.5. The summed E-state index contributed by atoms with van der Waals surface area (Å²) >= 11 is 0. The van der Waals surface area contributed by atoms with Crippen LogP contribution in [-0.2, 0) is 4.79 Å². The number of anilines is 1. The van der Waals surface area contributed by atoms with Crippen LogP contribution in [0.1, 0.15) is 18.5 Å². The van der Waals surface area contributed by atoms with Gasteiger partial charge in [-0.05, 0) is 61.0 Å². The van der Waals surface area contributed by atoms with Crippen LogP contribution in [0.15, 0.2) is 78.9 Å². The van der Waals surface area contributed by atoms with Crippen LogP contribution < -0.4 is 19.1 Å². The first-order chi connectivity index (χ1) is 14.2. The van der Waals surface area contributed by atoms with Crippen LogP contribution in [0.25, 0.3) is 0 Å². The second kappa shape index (κ2) is 8.27. The molecule has 1 amide bonds. The summed E-state index contributed by atoms with van der Waals surface area (Å²) in [6.45, 7) is 2.54. The molecule has 1 heterocycles. The first-order valence-electron chi connectivity index (χ1n) is 9.63. The van der Waals surface area contributed by atoms with Crippen LogP contribution in [-0.4, -0.2) is 25.7 Å². The fourth-order valence-electron chi connectivity index (χ4n) is 3.51. The van der Waals surface area contributed by atoms with Crippen LogP contribution in [0.4, 0.5) is 5.69 Å². The largest absolute Gasteiger partial charge is 0.497 e. The van der Waals surface area contributed by atoms with Crippen molar-refractivity contribution in [3.8, 4) is 17.2 Å². The topological polar surface area (TPSA) is 48.0 Å². The van der Waals surface area contributed by atoms with Crippen molar-refractivity contribution >= 4 is 11.6 Å². The lowest BCUT2D eigenvalue weighted by molar-refractivity contribution is -0.135. The number of carbonyl (C=O) groups is 1. The molecule has 2 atom stereocenters. The second-order valence-electron chi connectivity index (χ2n) is 6.70. The number of benzene rings is 3. The summed E-state index contributed by atoms with van der Waals surface area (Å²) in [5, 5.41) is 0. The predicted molar refractivity (Wildman–Crippen MR) is 112 cm³/mol. The van der Waals surface area contributed by atoms with E-state index >= 15 is 0 Å². The standard InChI is InChI=1S/C24H23NO4/c1-3-28-20-15-11-18(12-16-20)25-22(17-9-13-19(27-2)14-10-17)23(24(25)26)29-21-7-5-4-6-8-21/h4-16,22-23H,3H2,1-2H3/t22-,23+/m0/s1. The van der Waals surface area contributed by atoms with Gasteiger partial charge in [0.05, 0.1) is 13.7 Å². The third-order valence-electron chi connectivity index (χ3n) is 4.94. The molecule has 1 aliphatic heterocycles. The van der Waals surface area contributed by atoms with Crippen molar-refractivity contribution < 1.29 is 19.0 Å². The maximum Gasteiger partial charge on any atom is 0.271 e. The van der Waals surface area contributed by atoms with Gasteiger partial charge in [0.1, 0.15) is 23.3 Å². The molecular weight excluding hydrogens is 366 g/mol. The van der Waals surface area contributed by atoms with E-state index in [0.29, 0.717) is 12.4 Å².